The molecule has 1 amide bonds. The molecule has 0 aromatic carbocycles. The van der Waals surface area contributed by atoms with Crippen LogP contribution in [0.1, 0.15) is 33.1 Å². The standard InChI is InChI=1S/C11H20N2O2/c1-3-8(2)10(14)7-13-6-4-5-9(13)11(12)15/h8-9H,3-7H2,1-2H3,(H2,12,15). The molecule has 0 radical (unpaired) electrons. The van der Waals surface area contributed by atoms with Crippen molar-refractivity contribution in [1.29, 1.82) is 0 Å². The first-order valence-electron chi connectivity index (χ1n) is 5.62. The molecule has 2 atom stereocenters. The molecule has 1 saturated heterocycles. The molecule has 15 heavy (non-hydrogen) atoms. The van der Waals surface area contributed by atoms with E-state index < -0.39 is 0 Å². The number of amides is 1. The normalized spacial score (nSPS) is 24.0. The first-order chi connectivity index (χ1) is 7.06. The fourth-order valence-corrected chi connectivity index (χ4v) is 1.92. The molecule has 1 heterocycles. The average Bonchev–Trinajstić information content (AvgIpc) is 2.64. The number of carbonyl (C=O) groups excluding carboxylic acids is 2. The van der Waals surface area contributed by atoms with E-state index in [1.54, 1.807) is 0 Å². The molecule has 1 rings (SSSR count). The molecule has 1 aliphatic rings. The summed E-state index contributed by atoms with van der Waals surface area (Å²) in [5.41, 5.74) is 5.28. The number of likely N-dealkylation sites (tertiary alicyclic amines) is 1. The highest BCUT2D eigenvalue weighted by molar-refractivity contribution is 5.85. The van der Waals surface area contributed by atoms with Crippen LogP contribution in [-0.4, -0.2) is 35.7 Å². The summed E-state index contributed by atoms with van der Waals surface area (Å²) in [7, 11) is 0. The minimum atomic E-state index is -0.301. The van der Waals surface area contributed by atoms with Crippen molar-refractivity contribution in [2.75, 3.05) is 13.1 Å². The molecular weight excluding hydrogens is 192 g/mol. The van der Waals surface area contributed by atoms with E-state index in [0.717, 1.165) is 25.8 Å². The number of hydrogen-bond acceptors (Lipinski definition) is 3. The number of Topliss-reactive ketones (excluding diaryl/α,β-unsaturated/α-hetero) is 1. The Hall–Kier alpha value is -0.900. The molecule has 2 unspecified atom stereocenters. The smallest absolute Gasteiger partial charge is 0.234 e. The molecule has 2 N–H and O–H groups in total. The van der Waals surface area contributed by atoms with E-state index in [9.17, 15) is 9.59 Å². The molecule has 4 nitrogen and oxygen atoms in total. The summed E-state index contributed by atoms with van der Waals surface area (Å²) in [6.45, 7) is 5.12. The Morgan fingerprint density at radius 1 is 1.53 bits per heavy atom. The molecule has 0 aromatic rings. The monoisotopic (exact) mass is 212 g/mol. The molecule has 0 saturated carbocycles. The van der Waals surface area contributed by atoms with Crippen molar-refractivity contribution in [1.82, 2.24) is 4.90 Å². The first kappa shape index (κ1) is 12.2. The van der Waals surface area contributed by atoms with Crippen LogP contribution in [0.15, 0.2) is 0 Å². The van der Waals surface area contributed by atoms with Crippen LogP contribution in [-0.2, 0) is 9.59 Å². The van der Waals surface area contributed by atoms with Crippen LogP contribution < -0.4 is 5.73 Å². The topological polar surface area (TPSA) is 63.4 Å². The Morgan fingerprint density at radius 3 is 2.73 bits per heavy atom. The van der Waals surface area contributed by atoms with Crippen molar-refractivity contribution in [3.63, 3.8) is 0 Å². The fourth-order valence-electron chi connectivity index (χ4n) is 1.92. The van der Waals surface area contributed by atoms with Crippen LogP contribution in [0.2, 0.25) is 0 Å². The Bertz CT molecular complexity index is 253. The Kier molecular flexibility index (Phi) is 4.27. The van der Waals surface area contributed by atoms with Gasteiger partial charge in [0, 0.05) is 5.92 Å². The molecule has 4 heteroatoms. The zero-order valence-corrected chi connectivity index (χ0v) is 9.53. The van der Waals surface area contributed by atoms with Crippen LogP contribution in [0.5, 0.6) is 0 Å². The van der Waals surface area contributed by atoms with Crippen LogP contribution in [0.25, 0.3) is 0 Å². The number of nitrogens with zero attached hydrogens (tertiary/aromatic N) is 1. The molecular formula is C11H20N2O2. The SMILES string of the molecule is CCC(C)C(=O)CN1CCCC1C(N)=O. The van der Waals surface area contributed by atoms with Crippen molar-refractivity contribution in [2.45, 2.75) is 39.2 Å². The van der Waals surface area contributed by atoms with Crippen molar-refractivity contribution < 1.29 is 9.59 Å². The van der Waals surface area contributed by atoms with Gasteiger partial charge in [-0.3, -0.25) is 14.5 Å². The third kappa shape index (κ3) is 3.02. The zero-order valence-electron chi connectivity index (χ0n) is 9.53. The van der Waals surface area contributed by atoms with E-state index in [1.807, 2.05) is 18.7 Å². The second-order valence-corrected chi connectivity index (χ2v) is 4.31. The predicted molar refractivity (Wildman–Crippen MR) is 58.3 cm³/mol. The largest absolute Gasteiger partial charge is 0.368 e. The maximum atomic E-state index is 11.7. The van der Waals surface area contributed by atoms with E-state index in [0.29, 0.717) is 6.54 Å². The van der Waals surface area contributed by atoms with Crippen LogP contribution >= 0.6 is 0 Å². The maximum Gasteiger partial charge on any atom is 0.234 e. The van der Waals surface area contributed by atoms with Crippen molar-refractivity contribution in [3.05, 3.63) is 0 Å². The number of hydrogen-bond donors (Lipinski definition) is 1. The van der Waals surface area contributed by atoms with Gasteiger partial charge in [0.1, 0.15) is 5.78 Å². The van der Waals surface area contributed by atoms with E-state index in [2.05, 4.69) is 0 Å². The Labute approximate surface area is 90.8 Å². The number of rotatable bonds is 5. The number of ketones is 1. The second kappa shape index (κ2) is 5.26. The second-order valence-electron chi connectivity index (χ2n) is 4.31. The van der Waals surface area contributed by atoms with E-state index in [1.165, 1.54) is 0 Å². The van der Waals surface area contributed by atoms with Gasteiger partial charge in [0.15, 0.2) is 0 Å². The van der Waals surface area contributed by atoms with Gasteiger partial charge in [-0.05, 0) is 25.8 Å². The van der Waals surface area contributed by atoms with Gasteiger partial charge in [-0.15, -0.1) is 0 Å². The number of carbonyl (C=O) groups is 2. The van der Waals surface area contributed by atoms with E-state index in [-0.39, 0.29) is 23.7 Å². The van der Waals surface area contributed by atoms with Crippen molar-refractivity contribution in [2.24, 2.45) is 11.7 Å². The van der Waals surface area contributed by atoms with Gasteiger partial charge < -0.3 is 5.73 Å². The minimum absolute atomic E-state index is 0.0825. The van der Waals surface area contributed by atoms with Gasteiger partial charge >= 0.3 is 0 Å². The summed E-state index contributed by atoms with van der Waals surface area (Å²) in [5.74, 6) is -0.00534. The van der Waals surface area contributed by atoms with Crippen LogP contribution in [0.3, 0.4) is 0 Å². The lowest BCUT2D eigenvalue weighted by Gasteiger charge is -2.22. The Morgan fingerprint density at radius 2 is 2.20 bits per heavy atom. The molecule has 0 spiro atoms. The average molecular weight is 212 g/mol. The zero-order chi connectivity index (χ0) is 11.4. The quantitative estimate of drug-likeness (QED) is 0.724. The number of nitrogens with two attached hydrogens (primary N) is 1. The molecule has 0 aliphatic carbocycles. The van der Waals surface area contributed by atoms with Crippen LogP contribution in [0.4, 0.5) is 0 Å². The minimum Gasteiger partial charge on any atom is -0.368 e. The van der Waals surface area contributed by atoms with Gasteiger partial charge in [-0.1, -0.05) is 13.8 Å². The third-order valence-electron chi connectivity index (χ3n) is 3.21. The summed E-state index contributed by atoms with van der Waals surface area (Å²) < 4.78 is 0. The summed E-state index contributed by atoms with van der Waals surface area (Å²) in [4.78, 5) is 24.7. The molecule has 1 fully saturated rings. The lowest BCUT2D eigenvalue weighted by atomic mass is 10.0. The summed E-state index contributed by atoms with van der Waals surface area (Å²) >= 11 is 0. The molecule has 1 aliphatic heterocycles. The van der Waals surface area contributed by atoms with Crippen molar-refractivity contribution in [3.8, 4) is 0 Å². The highest BCUT2D eigenvalue weighted by Gasteiger charge is 2.30. The van der Waals surface area contributed by atoms with Gasteiger partial charge in [0.2, 0.25) is 5.91 Å². The predicted octanol–water partition coefficient (Wildman–Crippen LogP) is 0.551. The molecule has 0 aromatic heterocycles. The highest BCUT2D eigenvalue weighted by Crippen LogP contribution is 2.17. The highest BCUT2D eigenvalue weighted by atomic mass is 16.1. The Balaban J connectivity index is 2.50. The van der Waals surface area contributed by atoms with Gasteiger partial charge in [-0.2, -0.15) is 0 Å². The third-order valence-corrected chi connectivity index (χ3v) is 3.21. The van der Waals surface area contributed by atoms with Gasteiger partial charge in [-0.25, -0.2) is 0 Å². The summed E-state index contributed by atoms with van der Waals surface area (Å²) in [6.07, 6.45) is 2.61. The fraction of sp³-hybridized carbons (Fsp3) is 0.818. The van der Waals surface area contributed by atoms with Gasteiger partial charge in [0.05, 0.1) is 12.6 Å². The van der Waals surface area contributed by atoms with Crippen LogP contribution in [0, 0.1) is 5.92 Å². The molecule has 86 valence electrons. The van der Waals surface area contributed by atoms with Gasteiger partial charge in [0.25, 0.3) is 0 Å². The summed E-state index contributed by atoms with van der Waals surface area (Å²) in [6, 6.07) is -0.224. The lowest BCUT2D eigenvalue weighted by molar-refractivity contribution is -0.126. The van der Waals surface area contributed by atoms with E-state index >= 15 is 0 Å². The molecule has 0 bridgehead atoms. The van der Waals surface area contributed by atoms with E-state index in [4.69, 9.17) is 5.73 Å². The first-order valence-corrected chi connectivity index (χ1v) is 5.62. The summed E-state index contributed by atoms with van der Waals surface area (Å²) in [5, 5.41) is 0. The maximum absolute atomic E-state index is 11.7. The van der Waals surface area contributed by atoms with Crippen molar-refractivity contribution >= 4 is 11.7 Å². The lowest BCUT2D eigenvalue weighted by Crippen LogP contribution is -2.43. The number of primary amides is 1.